The number of ether oxygens (including phenoxy) is 1. The molecule has 5 nitrogen and oxygen atoms in total. The fourth-order valence-corrected chi connectivity index (χ4v) is 1.85. The van der Waals surface area contributed by atoms with E-state index in [1.807, 2.05) is 6.92 Å². The van der Waals surface area contributed by atoms with Gasteiger partial charge in [-0.25, -0.2) is 4.79 Å². The summed E-state index contributed by atoms with van der Waals surface area (Å²) in [6, 6.07) is 4.39. The average molecular weight is 249 g/mol. The number of carbonyl (C=O) groups excluding carboxylic acids is 1. The van der Waals surface area contributed by atoms with Crippen LogP contribution in [0.1, 0.15) is 23.7 Å². The van der Waals surface area contributed by atoms with Crippen molar-refractivity contribution in [2.45, 2.75) is 13.3 Å². The average Bonchev–Trinajstić information content (AvgIpc) is 3.06. The van der Waals surface area contributed by atoms with E-state index in [9.17, 15) is 9.59 Å². The fourth-order valence-electron chi connectivity index (χ4n) is 1.85. The zero-order chi connectivity index (χ0) is 13.3. The lowest BCUT2D eigenvalue weighted by Crippen LogP contribution is -2.15. The highest BCUT2D eigenvalue weighted by Crippen LogP contribution is 2.39. The molecular formula is C13H15NO4. The van der Waals surface area contributed by atoms with Gasteiger partial charge < -0.3 is 15.2 Å². The number of hydrogen-bond acceptors (Lipinski definition) is 3. The standard InChI is InChI=1S/C13H15NO4/c1-7-5-9(7)12(15)14-10-6-8(13(16)17)3-4-11(10)18-2/h3-4,6-7,9H,5H2,1-2H3,(H,14,15)(H,16,17). The lowest BCUT2D eigenvalue weighted by atomic mass is 10.2. The van der Waals surface area contributed by atoms with E-state index in [1.54, 1.807) is 0 Å². The Hall–Kier alpha value is -2.04. The van der Waals surface area contributed by atoms with E-state index < -0.39 is 5.97 Å². The van der Waals surface area contributed by atoms with E-state index in [1.165, 1.54) is 25.3 Å². The van der Waals surface area contributed by atoms with Crippen LogP contribution in [0, 0.1) is 11.8 Å². The van der Waals surface area contributed by atoms with Crippen LogP contribution in [-0.4, -0.2) is 24.1 Å². The summed E-state index contributed by atoms with van der Waals surface area (Å²) in [6.45, 7) is 2.01. The summed E-state index contributed by atoms with van der Waals surface area (Å²) in [5.41, 5.74) is 0.524. The first-order chi connectivity index (χ1) is 8.52. The van der Waals surface area contributed by atoms with Gasteiger partial charge in [-0.05, 0) is 30.5 Å². The quantitative estimate of drug-likeness (QED) is 0.855. The van der Waals surface area contributed by atoms with Crippen LogP contribution in [0.15, 0.2) is 18.2 Å². The number of amides is 1. The second-order valence-corrected chi connectivity index (χ2v) is 4.53. The molecule has 2 unspecified atom stereocenters. The van der Waals surface area contributed by atoms with E-state index in [0.717, 1.165) is 6.42 Å². The number of carboxylic acid groups (broad SMARTS) is 1. The first-order valence-corrected chi connectivity index (χ1v) is 5.75. The monoisotopic (exact) mass is 249 g/mol. The van der Waals surface area contributed by atoms with Gasteiger partial charge >= 0.3 is 5.97 Å². The van der Waals surface area contributed by atoms with Crippen LogP contribution in [0.4, 0.5) is 5.69 Å². The maximum atomic E-state index is 11.8. The van der Waals surface area contributed by atoms with Gasteiger partial charge in [0.2, 0.25) is 5.91 Å². The second-order valence-electron chi connectivity index (χ2n) is 4.53. The number of methoxy groups -OCH3 is 1. The lowest BCUT2D eigenvalue weighted by Gasteiger charge is -2.10. The Bertz CT molecular complexity index is 498. The molecule has 2 atom stereocenters. The van der Waals surface area contributed by atoms with E-state index in [0.29, 0.717) is 17.4 Å². The van der Waals surface area contributed by atoms with E-state index in [-0.39, 0.29) is 17.4 Å². The molecule has 0 aromatic heterocycles. The number of carboxylic acids is 1. The van der Waals surface area contributed by atoms with E-state index in [2.05, 4.69) is 5.32 Å². The van der Waals surface area contributed by atoms with Gasteiger partial charge in [-0.3, -0.25) is 4.79 Å². The summed E-state index contributed by atoms with van der Waals surface area (Å²) >= 11 is 0. The molecule has 0 bridgehead atoms. The minimum Gasteiger partial charge on any atom is -0.495 e. The minimum atomic E-state index is -1.03. The molecule has 1 fully saturated rings. The smallest absolute Gasteiger partial charge is 0.335 e. The Kier molecular flexibility index (Phi) is 3.23. The summed E-state index contributed by atoms with van der Waals surface area (Å²) < 4.78 is 5.10. The van der Waals surface area contributed by atoms with Gasteiger partial charge in [0.25, 0.3) is 0 Å². The van der Waals surface area contributed by atoms with Gasteiger partial charge in [0.15, 0.2) is 0 Å². The SMILES string of the molecule is COc1ccc(C(=O)O)cc1NC(=O)C1CC1C. The predicted octanol–water partition coefficient (Wildman–Crippen LogP) is 1.99. The van der Waals surface area contributed by atoms with Crippen LogP contribution < -0.4 is 10.1 Å². The third-order valence-electron chi connectivity index (χ3n) is 3.15. The zero-order valence-corrected chi connectivity index (χ0v) is 10.3. The van der Waals surface area contributed by atoms with Crippen LogP contribution >= 0.6 is 0 Å². The van der Waals surface area contributed by atoms with Crippen molar-refractivity contribution in [3.05, 3.63) is 23.8 Å². The van der Waals surface area contributed by atoms with Crippen LogP contribution in [0.2, 0.25) is 0 Å². The number of anilines is 1. The van der Waals surface area contributed by atoms with Gasteiger partial charge in [0, 0.05) is 5.92 Å². The molecule has 1 aromatic carbocycles. The molecule has 0 aliphatic heterocycles. The molecule has 1 aromatic rings. The third kappa shape index (κ3) is 2.45. The van der Waals surface area contributed by atoms with Crippen molar-refractivity contribution in [3.63, 3.8) is 0 Å². The summed E-state index contributed by atoms with van der Waals surface area (Å²) in [6.07, 6.45) is 0.882. The topological polar surface area (TPSA) is 75.6 Å². The van der Waals surface area contributed by atoms with E-state index in [4.69, 9.17) is 9.84 Å². The van der Waals surface area contributed by atoms with E-state index >= 15 is 0 Å². The Morgan fingerprint density at radius 1 is 1.44 bits per heavy atom. The van der Waals surface area contributed by atoms with Crippen molar-refractivity contribution in [1.29, 1.82) is 0 Å². The molecule has 1 aliphatic carbocycles. The molecule has 1 amide bonds. The number of aromatic carboxylic acids is 1. The Morgan fingerprint density at radius 3 is 2.61 bits per heavy atom. The number of benzene rings is 1. The number of nitrogens with one attached hydrogen (secondary N) is 1. The Morgan fingerprint density at radius 2 is 2.11 bits per heavy atom. The highest BCUT2D eigenvalue weighted by molar-refractivity contribution is 5.97. The molecular weight excluding hydrogens is 234 g/mol. The van der Waals surface area contributed by atoms with Gasteiger partial charge in [0.05, 0.1) is 18.4 Å². The summed E-state index contributed by atoms with van der Waals surface area (Å²) in [4.78, 5) is 22.7. The molecule has 1 saturated carbocycles. The number of rotatable bonds is 4. The fraction of sp³-hybridized carbons (Fsp3) is 0.385. The van der Waals surface area contributed by atoms with Crippen LogP contribution in [-0.2, 0) is 4.79 Å². The molecule has 96 valence electrons. The first kappa shape index (κ1) is 12.4. The van der Waals surface area contributed by atoms with Crippen molar-refractivity contribution >= 4 is 17.6 Å². The van der Waals surface area contributed by atoms with Gasteiger partial charge in [-0.1, -0.05) is 6.92 Å². The Labute approximate surface area is 105 Å². The molecule has 18 heavy (non-hydrogen) atoms. The zero-order valence-electron chi connectivity index (χ0n) is 10.3. The largest absolute Gasteiger partial charge is 0.495 e. The highest BCUT2D eigenvalue weighted by Gasteiger charge is 2.39. The highest BCUT2D eigenvalue weighted by atomic mass is 16.5. The minimum absolute atomic E-state index is 0.0307. The molecule has 2 rings (SSSR count). The first-order valence-electron chi connectivity index (χ1n) is 5.75. The Balaban J connectivity index is 2.21. The molecule has 0 saturated heterocycles. The predicted molar refractivity (Wildman–Crippen MR) is 65.9 cm³/mol. The molecule has 0 spiro atoms. The molecule has 1 aliphatic rings. The van der Waals surface area contributed by atoms with Crippen molar-refractivity contribution in [2.75, 3.05) is 12.4 Å². The van der Waals surface area contributed by atoms with Gasteiger partial charge in [-0.15, -0.1) is 0 Å². The molecule has 0 heterocycles. The molecule has 0 radical (unpaired) electrons. The van der Waals surface area contributed by atoms with Crippen LogP contribution in [0.3, 0.4) is 0 Å². The van der Waals surface area contributed by atoms with Gasteiger partial charge in [0.1, 0.15) is 5.75 Å². The number of hydrogen-bond donors (Lipinski definition) is 2. The number of carbonyl (C=O) groups is 2. The second kappa shape index (κ2) is 4.68. The summed E-state index contributed by atoms with van der Waals surface area (Å²) in [7, 11) is 1.48. The lowest BCUT2D eigenvalue weighted by molar-refractivity contribution is -0.117. The van der Waals surface area contributed by atoms with Crippen molar-refractivity contribution < 1.29 is 19.4 Å². The summed E-state index contributed by atoms with van der Waals surface area (Å²) in [5, 5.41) is 11.6. The van der Waals surface area contributed by atoms with Crippen molar-refractivity contribution in [2.24, 2.45) is 11.8 Å². The third-order valence-corrected chi connectivity index (χ3v) is 3.15. The molecule has 2 N–H and O–H groups in total. The maximum absolute atomic E-state index is 11.8. The van der Waals surface area contributed by atoms with Crippen molar-refractivity contribution in [3.8, 4) is 5.75 Å². The summed E-state index contributed by atoms with van der Waals surface area (Å²) in [5.74, 6) is -0.222. The van der Waals surface area contributed by atoms with Crippen LogP contribution in [0.25, 0.3) is 0 Å². The van der Waals surface area contributed by atoms with Crippen molar-refractivity contribution in [1.82, 2.24) is 0 Å². The normalized spacial score (nSPS) is 21.2. The van der Waals surface area contributed by atoms with Crippen LogP contribution in [0.5, 0.6) is 5.75 Å². The maximum Gasteiger partial charge on any atom is 0.335 e. The molecule has 5 heteroatoms. The van der Waals surface area contributed by atoms with Gasteiger partial charge in [-0.2, -0.15) is 0 Å².